The lowest BCUT2D eigenvalue weighted by atomic mass is 9.98. The lowest BCUT2D eigenvalue weighted by Gasteiger charge is -2.21. The van der Waals surface area contributed by atoms with Crippen LogP contribution in [0, 0.1) is 6.92 Å². The van der Waals surface area contributed by atoms with Gasteiger partial charge in [0.1, 0.15) is 0 Å². The van der Waals surface area contributed by atoms with Crippen LogP contribution in [0.25, 0.3) is 5.69 Å². The summed E-state index contributed by atoms with van der Waals surface area (Å²) in [5, 5.41) is 6.93. The number of nitrogens with zero attached hydrogens (tertiary/aromatic N) is 2. The molecule has 29 heavy (non-hydrogen) atoms. The molecule has 1 aromatic heterocycles. The molecule has 3 rings (SSSR count). The van der Waals surface area contributed by atoms with Crippen molar-refractivity contribution in [1.82, 2.24) is 15.1 Å². The van der Waals surface area contributed by atoms with E-state index >= 15 is 0 Å². The maximum absolute atomic E-state index is 12.9. The Morgan fingerprint density at radius 1 is 1.28 bits per heavy atom. The van der Waals surface area contributed by atoms with Crippen LogP contribution in [0.15, 0.2) is 30.5 Å². The molecule has 158 valence electrons. The van der Waals surface area contributed by atoms with E-state index in [1.165, 1.54) is 42.3 Å². The Morgan fingerprint density at radius 2 is 2.03 bits per heavy atom. The normalized spacial score (nSPS) is 15.4. The van der Waals surface area contributed by atoms with Crippen molar-refractivity contribution in [3.63, 3.8) is 0 Å². The highest BCUT2D eigenvalue weighted by atomic mass is 19.4. The number of carbonyl (C=O) groups excluding carboxylic acids is 1. The number of rotatable bonds is 7. The van der Waals surface area contributed by atoms with Crippen LogP contribution in [0.1, 0.15) is 60.1 Å². The van der Waals surface area contributed by atoms with E-state index in [2.05, 4.69) is 10.4 Å². The molecule has 1 aromatic carbocycles. The predicted molar refractivity (Wildman–Crippen MR) is 103 cm³/mol. The molecule has 2 aromatic rings. The summed E-state index contributed by atoms with van der Waals surface area (Å²) in [6.45, 7) is 2.74. The zero-order valence-corrected chi connectivity index (χ0v) is 16.5. The predicted octanol–water partition coefficient (Wildman–Crippen LogP) is 4.67. The van der Waals surface area contributed by atoms with Crippen LogP contribution in [0.2, 0.25) is 0 Å². The highest BCUT2D eigenvalue weighted by molar-refractivity contribution is 5.95. The Kier molecular flexibility index (Phi) is 6.95. The number of amides is 1. The van der Waals surface area contributed by atoms with Gasteiger partial charge in [-0.25, -0.2) is 4.68 Å². The van der Waals surface area contributed by atoms with Gasteiger partial charge < -0.3 is 10.1 Å². The number of ether oxygens (including phenoxy) is 1. The van der Waals surface area contributed by atoms with E-state index in [0.717, 1.165) is 25.0 Å². The van der Waals surface area contributed by atoms with Gasteiger partial charge in [0.05, 0.1) is 34.8 Å². The first kappa shape index (κ1) is 21.4. The number of alkyl halides is 3. The first-order valence-electron chi connectivity index (χ1n) is 9.98. The van der Waals surface area contributed by atoms with Crippen LogP contribution in [-0.2, 0) is 10.9 Å². The first-order chi connectivity index (χ1) is 13.9. The van der Waals surface area contributed by atoms with Gasteiger partial charge in [-0.05, 0) is 44.4 Å². The lowest BCUT2D eigenvalue weighted by molar-refractivity contribution is -0.137. The van der Waals surface area contributed by atoms with E-state index < -0.39 is 11.7 Å². The number of benzene rings is 1. The molecule has 0 bridgehead atoms. The second-order valence-electron chi connectivity index (χ2n) is 7.34. The van der Waals surface area contributed by atoms with Crippen LogP contribution in [0.5, 0.6) is 0 Å². The molecule has 1 aliphatic carbocycles. The standard InChI is InChI=1S/C21H26F3N3O2/c1-15-19(20(28)25-11-6-12-29-18-9-3-2-4-10-18)14-26-27(15)17-8-5-7-16(13-17)21(22,23)24/h5,7-8,13-14,18H,2-4,6,9-12H2,1H3,(H,25,28). The molecule has 0 unspecified atom stereocenters. The number of aromatic nitrogens is 2. The summed E-state index contributed by atoms with van der Waals surface area (Å²) in [5.74, 6) is -0.293. The highest BCUT2D eigenvalue weighted by Gasteiger charge is 2.30. The van der Waals surface area contributed by atoms with Crippen molar-refractivity contribution in [1.29, 1.82) is 0 Å². The van der Waals surface area contributed by atoms with Crippen molar-refractivity contribution in [2.45, 2.75) is 57.7 Å². The van der Waals surface area contributed by atoms with Gasteiger partial charge in [0.15, 0.2) is 0 Å². The van der Waals surface area contributed by atoms with Crippen molar-refractivity contribution in [3.05, 3.63) is 47.3 Å². The van der Waals surface area contributed by atoms with Gasteiger partial charge in [0, 0.05) is 13.2 Å². The number of hydrogen-bond acceptors (Lipinski definition) is 3. The van der Waals surface area contributed by atoms with E-state index in [-0.39, 0.29) is 11.6 Å². The molecule has 0 saturated heterocycles. The molecule has 5 nitrogen and oxygen atoms in total. The number of carbonyl (C=O) groups is 1. The Morgan fingerprint density at radius 3 is 2.76 bits per heavy atom. The number of nitrogens with one attached hydrogen (secondary N) is 1. The smallest absolute Gasteiger partial charge is 0.378 e. The summed E-state index contributed by atoms with van der Waals surface area (Å²) in [6, 6.07) is 4.88. The number of halogens is 3. The van der Waals surface area contributed by atoms with Gasteiger partial charge in [0.2, 0.25) is 0 Å². The van der Waals surface area contributed by atoms with Crippen LogP contribution in [0.3, 0.4) is 0 Å². The van der Waals surface area contributed by atoms with Gasteiger partial charge in [-0.3, -0.25) is 4.79 Å². The van der Waals surface area contributed by atoms with E-state index in [1.807, 2.05) is 0 Å². The fourth-order valence-corrected chi connectivity index (χ4v) is 3.56. The molecule has 1 aliphatic rings. The Labute approximate surface area is 168 Å². The second kappa shape index (κ2) is 9.43. The fourth-order valence-electron chi connectivity index (χ4n) is 3.56. The van der Waals surface area contributed by atoms with E-state index in [4.69, 9.17) is 4.74 Å². The average molecular weight is 409 g/mol. The molecule has 1 saturated carbocycles. The van der Waals surface area contributed by atoms with Gasteiger partial charge in [-0.1, -0.05) is 25.3 Å². The minimum atomic E-state index is -4.43. The van der Waals surface area contributed by atoms with Crippen LogP contribution < -0.4 is 5.32 Å². The van der Waals surface area contributed by atoms with E-state index in [1.54, 1.807) is 6.92 Å². The minimum Gasteiger partial charge on any atom is -0.378 e. The molecule has 0 atom stereocenters. The average Bonchev–Trinajstić information content (AvgIpc) is 3.09. The van der Waals surface area contributed by atoms with Gasteiger partial charge in [-0.2, -0.15) is 18.3 Å². The molecule has 0 spiro atoms. The maximum Gasteiger partial charge on any atom is 0.416 e. The third-order valence-electron chi connectivity index (χ3n) is 5.18. The third kappa shape index (κ3) is 5.59. The maximum atomic E-state index is 12.9. The quantitative estimate of drug-likeness (QED) is 0.676. The molecule has 1 heterocycles. The van der Waals surface area contributed by atoms with Crippen LogP contribution >= 0.6 is 0 Å². The zero-order valence-electron chi connectivity index (χ0n) is 16.5. The van der Waals surface area contributed by atoms with Crippen molar-refractivity contribution in [3.8, 4) is 5.69 Å². The SMILES string of the molecule is Cc1c(C(=O)NCCCOC2CCCCC2)cnn1-c1cccc(C(F)(F)F)c1. The Balaban J connectivity index is 1.54. The topological polar surface area (TPSA) is 56.1 Å². The zero-order chi connectivity index (χ0) is 20.9. The molecule has 1 amide bonds. The summed E-state index contributed by atoms with van der Waals surface area (Å²) in [7, 11) is 0. The minimum absolute atomic E-state index is 0.261. The third-order valence-corrected chi connectivity index (χ3v) is 5.18. The summed E-state index contributed by atoms with van der Waals surface area (Å²) >= 11 is 0. The molecule has 0 radical (unpaired) electrons. The molecule has 8 heteroatoms. The fraction of sp³-hybridized carbons (Fsp3) is 0.524. The first-order valence-corrected chi connectivity index (χ1v) is 9.98. The molecule has 1 fully saturated rings. The summed E-state index contributed by atoms with van der Waals surface area (Å²) in [5.41, 5.74) is 0.335. The summed E-state index contributed by atoms with van der Waals surface area (Å²) in [6.07, 6.45) is 3.94. The molecule has 1 N–H and O–H groups in total. The lowest BCUT2D eigenvalue weighted by Crippen LogP contribution is -2.26. The number of hydrogen-bond donors (Lipinski definition) is 1. The van der Waals surface area contributed by atoms with Crippen molar-refractivity contribution < 1.29 is 22.7 Å². The van der Waals surface area contributed by atoms with E-state index in [0.29, 0.717) is 36.9 Å². The Hall–Kier alpha value is -2.35. The molecular weight excluding hydrogens is 383 g/mol. The van der Waals surface area contributed by atoms with Gasteiger partial charge in [0.25, 0.3) is 5.91 Å². The van der Waals surface area contributed by atoms with Gasteiger partial charge >= 0.3 is 6.18 Å². The van der Waals surface area contributed by atoms with Gasteiger partial charge in [-0.15, -0.1) is 0 Å². The molecular formula is C21H26F3N3O2. The highest BCUT2D eigenvalue weighted by Crippen LogP contribution is 2.30. The Bertz CT molecular complexity index is 827. The van der Waals surface area contributed by atoms with Crippen molar-refractivity contribution in [2.75, 3.05) is 13.2 Å². The summed E-state index contributed by atoms with van der Waals surface area (Å²) < 4.78 is 46.0. The van der Waals surface area contributed by atoms with E-state index in [9.17, 15) is 18.0 Å². The van der Waals surface area contributed by atoms with Crippen LogP contribution in [-0.4, -0.2) is 34.9 Å². The molecule has 0 aliphatic heterocycles. The van der Waals surface area contributed by atoms with Crippen molar-refractivity contribution in [2.24, 2.45) is 0 Å². The second-order valence-corrected chi connectivity index (χ2v) is 7.34. The van der Waals surface area contributed by atoms with Crippen LogP contribution in [0.4, 0.5) is 13.2 Å². The largest absolute Gasteiger partial charge is 0.416 e. The monoisotopic (exact) mass is 409 g/mol. The summed E-state index contributed by atoms with van der Waals surface area (Å²) in [4.78, 5) is 12.4. The van der Waals surface area contributed by atoms with Crippen molar-refractivity contribution >= 4 is 5.91 Å².